The van der Waals surface area contributed by atoms with Crippen molar-refractivity contribution >= 4 is 30.3 Å². The van der Waals surface area contributed by atoms with Crippen molar-refractivity contribution in [2.45, 2.75) is 77.8 Å². The summed E-state index contributed by atoms with van der Waals surface area (Å²) in [5.41, 5.74) is -0.761. The van der Waals surface area contributed by atoms with Crippen LogP contribution in [-0.4, -0.2) is 60.7 Å². The number of morpholine rings is 1. The molecule has 3 rings (SSSR count). The quantitative estimate of drug-likeness (QED) is 0.646. The number of hydrogen-bond donors (Lipinski definition) is 0. The third-order valence-electron chi connectivity index (χ3n) is 5.92. The Hall–Kier alpha value is -1.35. The molecule has 2 saturated heterocycles. The van der Waals surface area contributed by atoms with E-state index in [1.165, 1.54) is 6.07 Å². The van der Waals surface area contributed by atoms with Crippen LogP contribution in [0.4, 0.5) is 9.18 Å². The molecule has 0 bridgehead atoms. The molecule has 0 aromatic heterocycles. The molecule has 0 aliphatic carbocycles. The van der Waals surface area contributed by atoms with Gasteiger partial charge in [-0.1, -0.05) is 11.6 Å². The van der Waals surface area contributed by atoms with Crippen LogP contribution < -0.4 is 5.46 Å². The highest BCUT2D eigenvalue weighted by Gasteiger charge is 2.52. The molecular weight excluding hydrogens is 424 g/mol. The lowest BCUT2D eigenvalue weighted by molar-refractivity contribution is -0.0416. The first-order chi connectivity index (χ1) is 14.2. The van der Waals surface area contributed by atoms with Crippen molar-refractivity contribution in [2.24, 2.45) is 0 Å². The van der Waals surface area contributed by atoms with Crippen molar-refractivity contribution in [3.05, 3.63) is 28.5 Å². The molecule has 9 heteroatoms. The number of carbonyl (C=O) groups excluding carboxylic acids is 1. The van der Waals surface area contributed by atoms with E-state index < -0.39 is 41.9 Å². The second-order valence-electron chi connectivity index (χ2n) is 10.2. The van der Waals surface area contributed by atoms with Gasteiger partial charge in [0.1, 0.15) is 11.4 Å². The lowest BCUT2D eigenvalue weighted by Crippen LogP contribution is -2.49. The van der Waals surface area contributed by atoms with Gasteiger partial charge >= 0.3 is 13.2 Å². The highest BCUT2D eigenvalue weighted by molar-refractivity contribution is 6.63. The molecule has 31 heavy (non-hydrogen) atoms. The average molecular weight is 456 g/mol. The zero-order valence-corrected chi connectivity index (χ0v) is 20.1. The highest BCUT2D eigenvalue weighted by Crippen LogP contribution is 2.37. The van der Waals surface area contributed by atoms with Crippen molar-refractivity contribution in [1.82, 2.24) is 4.90 Å². The molecule has 2 aliphatic heterocycles. The minimum absolute atomic E-state index is 0.252. The summed E-state index contributed by atoms with van der Waals surface area (Å²) in [5.74, 6) is -0.449. The number of halogens is 2. The molecule has 0 N–H and O–H groups in total. The number of amides is 1. The molecule has 2 heterocycles. The van der Waals surface area contributed by atoms with Gasteiger partial charge in [0.05, 0.1) is 30.5 Å². The van der Waals surface area contributed by atoms with E-state index in [1.54, 1.807) is 11.0 Å². The smallest absolute Gasteiger partial charge is 0.444 e. The molecule has 1 aromatic carbocycles. The molecule has 1 aromatic rings. The van der Waals surface area contributed by atoms with Crippen LogP contribution in [0.3, 0.4) is 0 Å². The minimum atomic E-state index is -0.751. The number of hydrogen-bond acceptors (Lipinski definition) is 5. The zero-order chi connectivity index (χ0) is 23.2. The number of ether oxygens (including phenoxy) is 2. The molecule has 172 valence electrons. The maximum Gasteiger partial charge on any atom is 0.495 e. The van der Waals surface area contributed by atoms with Crippen LogP contribution in [0.25, 0.3) is 0 Å². The SMILES string of the molecule is CC(C)(C)OC(=O)N1CCOC(Cc2c(F)cc(Cl)cc2B2OC(C)(C)C(C)(C)O2)C1. The van der Waals surface area contributed by atoms with Gasteiger partial charge in [0.25, 0.3) is 0 Å². The van der Waals surface area contributed by atoms with E-state index in [0.717, 1.165) is 0 Å². The average Bonchev–Trinajstić information content (AvgIpc) is 2.83. The second-order valence-corrected chi connectivity index (χ2v) is 10.6. The lowest BCUT2D eigenvalue weighted by Gasteiger charge is -2.34. The van der Waals surface area contributed by atoms with Crippen molar-refractivity contribution < 1.29 is 28.0 Å². The van der Waals surface area contributed by atoms with Gasteiger partial charge in [0, 0.05) is 18.0 Å². The second kappa shape index (κ2) is 8.54. The third-order valence-corrected chi connectivity index (χ3v) is 6.14. The monoisotopic (exact) mass is 455 g/mol. The van der Waals surface area contributed by atoms with Gasteiger partial charge in [-0.2, -0.15) is 0 Å². The van der Waals surface area contributed by atoms with Crippen molar-refractivity contribution in [3.63, 3.8) is 0 Å². The van der Waals surface area contributed by atoms with Crippen molar-refractivity contribution in [1.29, 1.82) is 0 Å². The van der Waals surface area contributed by atoms with Crippen LogP contribution in [0.5, 0.6) is 0 Å². The first-order valence-corrected chi connectivity index (χ1v) is 11.0. The summed E-state index contributed by atoms with van der Waals surface area (Å²) in [5, 5.41) is 0.269. The first kappa shape index (κ1) is 24.3. The summed E-state index contributed by atoms with van der Waals surface area (Å²) in [7, 11) is -0.751. The minimum Gasteiger partial charge on any atom is -0.444 e. The van der Waals surface area contributed by atoms with Crippen LogP contribution in [0.15, 0.2) is 12.1 Å². The van der Waals surface area contributed by atoms with Gasteiger partial charge in [-0.3, -0.25) is 0 Å². The molecule has 1 amide bonds. The van der Waals surface area contributed by atoms with E-state index in [9.17, 15) is 4.79 Å². The Kier molecular flexibility index (Phi) is 6.70. The fourth-order valence-corrected chi connectivity index (χ4v) is 3.80. The Balaban J connectivity index is 1.81. The molecular formula is C22H32BClFNO5. The Morgan fingerprint density at radius 1 is 1.26 bits per heavy atom. The van der Waals surface area contributed by atoms with E-state index in [1.807, 2.05) is 48.5 Å². The first-order valence-electron chi connectivity index (χ1n) is 10.6. The van der Waals surface area contributed by atoms with Crippen LogP contribution in [0.2, 0.25) is 5.02 Å². The molecule has 0 radical (unpaired) electrons. The Morgan fingerprint density at radius 2 is 1.87 bits per heavy atom. The van der Waals surface area contributed by atoms with Gasteiger partial charge in [0.2, 0.25) is 0 Å². The molecule has 0 spiro atoms. The molecule has 1 unspecified atom stereocenters. The van der Waals surface area contributed by atoms with Crippen LogP contribution in [0, 0.1) is 5.82 Å². The van der Waals surface area contributed by atoms with Gasteiger partial charge in [-0.15, -0.1) is 0 Å². The number of rotatable bonds is 3. The summed E-state index contributed by atoms with van der Waals surface area (Å²) in [6, 6.07) is 2.96. The fourth-order valence-electron chi connectivity index (χ4n) is 3.58. The topological polar surface area (TPSA) is 57.2 Å². The summed E-state index contributed by atoms with van der Waals surface area (Å²) in [6.45, 7) is 14.3. The molecule has 2 fully saturated rings. The predicted octanol–water partition coefficient (Wildman–Crippen LogP) is 3.96. The summed E-state index contributed by atoms with van der Waals surface area (Å²) in [6.07, 6.45) is -0.538. The van der Waals surface area contributed by atoms with Gasteiger partial charge < -0.3 is 23.7 Å². The van der Waals surface area contributed by atoms with Crippen LogP contribution in [0.1, 0.15) is 54.0 Å². The molecule has 0 saturated carbocycles. The summed E-state index contributed by atoms with van der Waals surface area (Å²) in [4.78, 5) is 14.1. The molecule has 2 aliphatic rings. The van der Waals surface area contributed by atoms with E-state index in [2.05, 4.69) is 0 Å². The van der Waals surface area contributed by atoms with E-state index in [0.29, 0.717) is 30.7 Å². The van der Waals surface area contributed by atoms with E-state index in [-0.39, 0.29) is 11.4 Å². The Bertz CT molecular complexity index is 826. The largest absolute Gasteiger partial charge is 0.495 e. The van der Waals surface area contributed by atoms with Crippen molar-refractivity contribution in [2.75, 3.05) is 19.7 Å². The number of benzene rings is 1. The number of carbonyl (C=O) groups is 1. The highest BCUT2D eigenvalue weighted by atomic mass is 35.5. The standard InChI is InChI=1S/C22H32BClFNO5/c1-20(2,3)29-19(27)26-8-9-28-15(13-26)12-16-17(10-14(24)11-18(16)25)23-30-21(4,5)22(6,7)31-23/h10-11,15H,8-9,12-13H2,1-7H3. The molecule has 6 nitrogen and oxygen atoms in total. The fraction of sp³-hybridized carbons (Fsp3) is 0.682. The van der Waals surface area contributed by atoms with Crippen LogP contribution >= 0.6 is 11.6 Å². The maximum absolute atomic E-state index is 15.0. The van der Waals surface area contributed by atoms with E-state index in [4.69, 9.17) is 30.4 Å². The normalized spacial score (nSPS) is 23.2. The summed E-state index contributed by atoms with van der Waals surface area (Å²) >= 11 is 6.16. The summed E-state index contributed by atoms with van der Waals surface area (Å²) < 4.78 is 38.6. The third kappa shape index (κ3) is 5.53. The lowest BCUT2D eigenvalue weighted by atomic mass is 9.74. The Labute approximate surface area is 189 Å². The maximum atomic E-state index is 15.0. The van der Waals surface area contributed by atoms with Gasteiger partial charge in [-0.25, -0.2) is 9.18 Å². The van der Waals surface area contributed by atoms with E-state index >= 15 is 4.39 Å². The zero-order valence-electron chi connectivity index (χ0n) is 19.4. The van der Waals surface area contributed by atoms with Crippen molar-refractivity contribution in [3.8, 4) is 0 Å². The van der Waals surface area contributed by atoms with Gasteiger partial charge in [-0.05, 0) is 71.6 Å². The van der Waals surface area contributed by atoms with Gasteiger partial charge in [0.15, 0.2) is 0 Å². The molecule has 1 atom stereocenters. The predicted molar refractivity (Wildman–Crippen MR) is 118 cm³/mol. The Morgan fingerprint density at radius 3 is 2.45 bits per heavy atom. The van der Waals surface area contributed by atoms with Crippen LogP contribution in [-0.2, 0) is 25.2 Å². The number of nitrogens with zero attached hydrogens (tertiary/aromatic N) is 1.